The van der Waals surface area contributed by atoms with Crippen molar-refractivity contribution in [2.24, 2.45) is 0 Å². The van der Waals surface area contributed by atoms with Crippen molar-refractivity contribution in [2.75, 3.05) is 0 Å². The van der Waals surface area contributed by atoms with E-state index in [4.69, 9.17) is 0 Å². The fourth-order valence-corrected chi connectivity index (χ4v) is 1.56. The molecule has 2 aromatic rings. The van der Waals surface area contributed by atoms with E-state index in [0.717, 1.165) is 4.47 Å². The quantitative estimate of drug-likeness (QED) is 0.603. The van der Waals surface area contributed by atoms with Crippen LogP contribution in [0.25, 0.3) is 23.1 Å². The van der Waals surface area contributed by atoms with E-state index in [1.54, 1.807) is 0 Å². The Kier molecular flexibility index (Phi) is 8.16. The van der Waals surface area contributed by atoms with Gasteiger partial charge in [-0.25, -0.2) is 0 Å². The van der Waals surface area contributed by atoms with Gasteiger partial charge in [0.25, 0.3) is 0 Å². The van der Waals surface area contributed by atoms with Crippen LogP contribution in [0.5, 0.6) is 0 Å². The van der Waals surface area contributed by atoms with Gasteiger partial charge in [-0.15, -0.1) is 0 Å². The second kappa shape index (κ2) is 7.07. The summed E-state index contributed by atoms with van der Waals surface area (Å²) in [5.74, 6) is 0. The molecule has 1 aromatic carbocycles. The predicted molar refractivity (Wildman–Crippen MR) is 60.0 cm³/mol. The molecule has 2 rings (SSSR count). The number of nitrogens with two attached hydrogens (primary N) is 2. The topological polar surface area (TPSA) is 79.9 Å². The van der Waals surface area contributed by atoms with Gasteiger partial charge in [0.05, 0.1) is 0 Å². The van der Waals surface area contributed by atoms with Gasteiger partial charge in [0.15, 0.2) is 0 Å². The van der Waals surface area contributed by atoms with E-state index in [-0.39, 0.29) is 33.4 Å². The van der Waals surface area contributed by atoms with Crippen molar-refractivity contribution in [3.8, 4) is 0 Å². The van der Waals surface area contributed by atoms with Crippen LogP contribution in [-0.4, -0.2) is 4.98 Å². The molecule has 0 saturated heterocycles. The van der Waals surface area contributed by atoms with Gasteiger partial charge in [0, 0.05) is 22.3 Å². The van der Waals surface area contributed by atoms with Crippen LogP contribution in [-0.2, 0) is 21.1 Å². The summed E-state index contributed by atoms with van der Waals surface area (Å²) in [6.07, 6.45) is 3.67. The molecule has 5 heteroatoms. The first kappa shape index (κ1) is 16.2. The fraction of sp³-hybridized carbons (Fsp3) is 0. The van der Waals surface area contributed by atoms with Gasteiger partial charge in [0.2, 0.25) is 0 Å². The van der Waals surface area contributed by atoms with Crippen LogP contribution in [0.1, 0.15) is 0 Å². The smallest absolute Gasteiger partial charge is 0.693 e. The van der Waals surface area contributed by atoms with Crippen LogP contribution in [0.15, 0.2) is 41.1 Å². The van der Waals surface area contributed by atoms with E-state index in [9.17, 15) is 0 Å². The maximum absolute atomic E-state index is 4.07. The number of halogens is 1. The van der Waals surface area contributed by atoms with Crippen LogP contribution in [0.2, 0.25) is 0 Å². The van der Waals surface area contributed by atoms with Crippen molar-refractivity contribution in [1.82, 2.24) is 4.98 Å². The molecule has 0 spiro atoms. The van der Waals surface area contributed by atoms with Gasteiger partial charge in [0.1, 0.15) is 0 Å². The molecule has 0 aliphatic rings. The molecule has 1 aromatic heterocycles. The fourth-order valence-electron chi connectivity index (χ4n) is 1.08. The molecule has 0 radical (unpaired) electrons. The van der Waals surface area contributed by atoms with Gasteiger partial charge in [-0.3, -0.25) is 4.98 Å². The zero-order valence-corrected chi connectivity index (χ0v) is 11.1. The van der Waals surface area contributed by atoms with Gasteiger partial charge in [-0.2, -0.15) is 0 Å². The minimum Gasteiger partial charge on any atom is -0.693 e. The van der Waals surface area contributed by atoms with Crippen LogP contribution in [0.4, 0.5) is 0 Å². The molecule has 4 N–H and O–H groups in total. The maximum atomic E-state index is 4.07. The zero-order valence-electron chi connectivity index (χ0n) is 7.26. The molecule has 1 heterocycles. The Labute approximate surface area is 106 Å². The molecule has 3 nitrogen and oxygen atoms in total. The van der Waals surface area contributed by atoms with Crippen LogP contribution in [0.3, 0.4) is 0 Å². The molecule has 0 aliphatic carbocycles. The van der Waals surface area contributed by atoms with Crippen LogP contribution in [0, 0.1) is 0 Å². The third kappa shape index (κ3) is 3.14. The van der Waals surface area contributed by atoms with Crippen molar-refractivity contribution >= 4 is 26.7 Å². The third-order valence-electron chi connectivity index (χ3n) is 1.62. The normalized spacial score (nSPS) is 8.07. The SMILES string of the molecule is Brc1cncc2ccccc12.[NH2-].[NH2-].[Pt+2]. The standard InChI is InChI=1S/C9H6BrN.2H2N.Pt/c10-9-6-11-5-7-3-1-2-4-8(7)9;;;/h1-6H;2*1H2;/q;2*-1;+2. The summed E-state index contributed by atoms with van der Waals surface area (Å²) in [6, 6.07) is 8.15. The molecule has 14 heavy (non-hydrogen) atoms. The number of nitrogens with zero attached hydrogens (tertiary/aromatic N) is 1. The Bertz CT molecular complexity index is 389. The number of pyridine rings is 1. The predicted octanol–water partition coefficient (Wildman–Crippen LogP) is 4.43. The molecule has 0 atom stereocenters. The molecule has 0 aliphatic heterocycles. The van der Waals surface area contributed by atoms with Crippen LogP contribution >= 0.6 is 15.9 Å². The Balaban J connectivity index is 0. The molecule has 0 amide bonds. The second-order valence-electron chi connectivity index (χ2n) is 2.34. The summed E-state index contributed by atoms with van der Waals surface area (Å²) < 4.78 is 1.05. The molecule has 0 unspecified atom stereocenters. The Hall–Kier alpha value is -0.282. The Morgan fingerprint density at radius 3 is 2.29 bits per heavy atom. The minimum absolute atomic E-state index is 0. The van der Waals surface area contributed by atoms with E-state index in [2.05, 4.69) is 27.0 Å². The first-order valence-electron chi connectivity index (χ1n) is 3.36. The van der Waals surface area contributed by atoms with E-state index >= 15 is 0 Å². The maximum Gasteiger partial charge on any atom is 2.00 e. The van der Waals surface area contributed by atoms with E-state index in [0.29, 0.717) is 0 Å². The van der Waals surface area contributed by atoms with Gasteiger partial charge < -0.3 is 12.3 Å². The summed E-state index contributed by atoms with van der Waals surface area (Å²) in [4.78, 5) is 4.07. The van der Waals surface area contributed by atoms with Gasteiger partial charge in [-0.1, -0.05) is 24.3 Å². The monoisotopic (exact) mass is 434 g/mol. The number of rotatable bonds is 0. The molecule has 78 valence electrons. The summed E-state index contributed by atoms with van der Waals surface area (Å²) in [6.45, 7) is 0. The van der Waals surface area contributed by atoms with Crippen molar-refractivity contribution < 1.29 is 21.1 Å². The van der Waals surface area contributed by atoms with Crippen molar-refractivity contribution in [1.29, 1.82) is 0 Å². The van der Waals surface area contributed by atoms with Gasteiger partial charge >= 0.3 is 21.1 Å². The minimum atomic E-state index is 0. The summed E-state index contributed by atoms with van der Waals surface area (Å²) in [5, 5.41) is 2.38. The van der Waals surface area contributed by atoms with Crippen molar-refractivity contribution in [3.05, 3.63) is 53.4 Å². The first-order valence-corrected chi connectivity index (χ1v) is 4.15. The molecule has 0 saturated carbocycles. The number of hydrogen-bond acceptors (Lipinski definition) is 1. The largest absolute Gasteiger partial charge is 2.00 e. The van der Waals surface area contributed by atoms with Crippen LogP contribution < -0.4 is 0 Å². The van der Waals surface area contributed by atoms with E-state index in [1.165, 1.54) is 10.8 Å². The molecular formula is C9H10BrN3Pt. The summed E-state index contributed by atoms with van der Waals surface area (Å²) in [5.41, 5.74) is 0. The molecular weight excluding hydrogens is 425 g/mol. The summed E-state index contributed by atoms with van der Waals surface area (Å²) in [7, 11) is 0. The van der Waals surface area contributed by atoms with Crippen molar-refractivity contribution in [3.63, 3.8) is 0 Å². The number of benzene rings is 1. The third-order valence-corrected chi connectivity index (χ3v) is 2.25. The Morgan fingerprint density at radius 2 is 1.64 bits per heavy atom. The van der Waals surface area contributed by atoms with E-state index in [1.807, 2.05) is 30.6 Å². The van der Waals surface area contributed by atoms with Gasteiger partial charge in [-0.05, 0) is 21.3 Å². The first-order chi connectivity index (χ1) is 5.38. The average Bonchev–Trinajstić information content (AvgIpc) is 2.06. The zero-order chi connectivity index (χ0) is 7.68. The number of aromatic nitrogens is 1. The van der Waals surface area contributed by atoms with E-state index < -0.39 is 0 Å². The van der Waals surface area contributed by atoms with Crippen molar-refractivity contribution in [2.45, 2.75) is 0 Å². The average molecular weight is 435 g/mol. The Morgan fingerprint density at radius 1 is 1.00 bits per heavy atom. The molecule has 0 fully saturated rings. The second-order valence-corrected chi connectivity index (χ2v) is 3.20. The number of hydrogen-bond donors (Lipinski definition) is 0. The number of fused-ring (bicyclic) bond motifs is 1. The summed E-state index contributed by atoms with van der Waals surface area (Å²) >= 11 is 3.43. The molecule has 0 bridgehead atoms.